The molecule has 0 aliphatic rings. The van der Waals surface area contributed by atoms with Crippen LogP contribution in [-0.4, -0.2) is 23.4 Å². The van der Waals surface area contributed by atoms with E-state index in [-0.39, 0.29) is 0 Å². The maximum atomic E-state index is 11.3. The number of hydroxylamine groups is 2. The lowest BCUT2D eigenvalue weighted by Crippen LogP contribution is -2.14. The smallest absolute Gasteiger partial charge is 0.206 e. The Morgan fingerprint density at radius 2 is 1.64 bits per heavy atom. The van der Waals surface area contributed by atoms with Crippen LogP contribution in [0.15, 0.2) is 35.2 Å². The molecule has 0 spiro atoms. The van der Waals surface area contributed by atoms with Crippen LogP contribution in [0, 0.1) is 0 Å². The quantitative estimate of drug-likeness (QED) is 0.724. The van der Waals surface area contributed by atoms with E-state index in [1.807, 2.05) is 32.0 Å². The van der Waals surface area contributed by atoms with Crippen LogP contribution in [-0.2, 0) is 15.4 Å². The van der Waals surface area contributed by atoms with Crippen LogP contribution >= 0.6 is 0 Å². The van der Waals surface area contributed by atoms with Gasteiger partial charge in [-0.2, -0.15) is 9.35 Å². The predicted octanol–water partition coefficient (Wildman–Crippen LogP) is 2.23. The normalized spacial score (nSPS) is 11.8. The molecule has 1 unspecified atom stereocenters. The number of hydrogen-bond acceptors (Lipinski definition) is 3. The summed E-state index contributed by atoms with van der Waals surface area (Å²) in [6.45, 7) is 4.00. The molecule has 14 heavy (non-hydrogen) atoms. The molecule has 0 fully saturated rings. The second-order valence-electron chi connectivity index (χ2n) is 2.43. The number of benzene rings is 1. The lowest BCUT2D eigenvalue weighted by molar-refractivity contribution is 0.0138. The van der Waals surface area contributed by atoms with E-state index in [9.17, 15) is 4.21 Å². The number of rotatable bonds is 3. The fourth-order valence-corrected chi connectivity index (χ4v) is 1.45. The summed E-state index contributed by atoms with van der Waals surface area (Å²) in [7, 11) is 3.39. The summed E-state index contributed by atoms with van der Waals surface area (Å²) in [6.07, 6.45) is 0. The van der Waals surface area contributed by atoms with Gasteiger partial charge >= 0.3 is 0 Å². The van der Waals surface area contributed by atoms with E-state index in [4.69, 9.17) is 4.28 Å². The van der Waals surface area contributed by atoms with Crippen LogP contribution in [0.2, 0.25) is 0 Å². The minimum Gasteiger partial charge on any atom is -0.223 e. The molecule has 1 aromatic rings. The van der Waals surface area contributed by atoms with E-state index in [1.54, 1.807) is 26.2 Å². The van der Waals surface area contributed by atoms with Crippen molar-refractivity contribution in [3.63, 3.8) is 0 Å². The first-order valence-corrected chi connectivity index (χ1v) is 5.60. The summed E-state index contributed by atoms with van der Waals surface area (Å²) in [4.78, 5) is 0.672. The third kappa shape index (κ3) is 5.11. The van der Waals surface area contributed by atoms with Crippen LogP contribution < -0.4 is 0 Å². The average Bonchev–Trinajstić information content (AvgIpc) is 2.21. The topological polar surface area (TPSA) is 29.5 Å². The first kappa shape index (κ1) is 13.3. The molecule has 0 aliphatic carbocycles. The van der Waals surface area contributed by atoms with Gasteiger partial charge < -0.3 is 0 Å². The summed E-state index contributed by atoms with van der Waals surface area (Å²) < 4.78 is 16.2. The Morgan fingerprint density at radius 3 is 2.07 bits per heavy atom. The van der Waals surface area contributed by atoms with Crippen LogP contribution in [0.3, 0.4) is 0 Å². The highest BCUT2D eigenvalue weighted by Crippen LogP contribution is 2.06. The summed E-state index contributed by atoms with van der Waals surface area (Å²) in [5.41, 5.74) is 0. The monoisotopic (exact) mass is 215 g/mol. The zero-order valence-corrected chi connectivity index (χ0v) is 9.88. The van der Waals surface area contributed by atoms with E-state index >= 15 is 0 Å². The van der Waals surface area contributed by atoms with Crippen molar-refractivity contribution in [1.29, 1.82) is 0 Å². The van der Waals surface area contributed by atoms with Gasteiger partial charge in [0.2, 0.25) is 11.1 Å². The summed E-state index contributed by atoms with van der Waals surface area (Å²) in [5.74, 6) is 0. The van der Waals surface area contributed by atoms with Crippen molar-refractivity contribution in [3.05, 3.63) is 30.3 Å². The maximum absolute atomic E-state index is 11.3. The van der Waals surface area contributed by atoms with Crippen molar-refractivity contribution < 1.29 is 8.49 Å². The first-order chi connectivity index (χ1) is 6.70. The molecule has 0 heterocycles. The molecule has 0 amide bonds. The molecule has 1 aromatic carbocycles. The summed E-state index contributed by atoms with van der Waals surface area (Å²) in [6, 6.07) is 9.05. The van der Waals surface area contributed by atoms with Crippen LogP contribution in [0.4, 0.5) is 0 Å². The molecule has 0 saturated carbocycles. The molecule has 0 aromatic heterocycles. The van der Waals surface area contributed by atoms with Gasteiger partial charge in [0, 0.05) is 14.1 Å². The van der Waals surface area contributed by atoms with Gasteiger partial charge in [0.05, 0.1) is 4.90 Å². The van der Waals surface area contributed by atoms with Gasteiger partial charge in [-0.15, -0.1) is 0 Å². The maximum Gasteiger partial charge on any atom is 0.206 e. The van der Waals surface area contributed by atoms with Crippen molar-refractivity contribution in [2.24, 2.45) is 0 Å². The van der Waals surface area contributed by atoms with Crippen molar-refractivity contribution in [2.45, 2.75) is 18.7 Å². The third-order valence-electron chi connectivity index (χ3n) is 1.15. The molecule has 4 heteroatoms. The molecule has 0 N–H and O–H groups in total. The first-order valence-electron chi connectivity index (χ1n) is 4.53. The van der Waals surface area contributed by atoms with Gasteiger partial charge in [-0.3, -0.25) is 0 Å². The Kier molecular flexibility index (Phi) is 7.28. The predicted molar refractivity (Wildman–Crippen MR) is 59.0 cm³/mol. The minimum atomic E-state index is -1.39. The van der Waals surface area contributed by atoms with Crippen LogP contribution in [0.5, 0.6) is 0 Å². The SMILES string of the molecule is CC.CN(C)OS(=O)c1ccccc1. The fourth-order valence-electron chi connectivity index (χ4n) is 0.710. The van der Waals surface area contributed by atoms with E-state index in [0.29, 0.717) is 4.90 Å². The fraction of sp³-hybridized carbons (Fsp3) is 0.400. The van der Waals surface area contributed by atoms with Crippen molar-refractivity contribution in [3.8, 4) is 0 Å². The van der Waals surface area contributed by atoms with E-state index < -0.39 is 11.1 Å². The Hall–Kier alpha value is -0.710. The third-order valence-corrected chi connectivity index (χ3v) is 2.24. The summed E-state index contributed by atoms with van der Waals surface area (Å²) in [5, 5.41) is 1.42. The van der Waals surface area contributed by atoms with Gasteiger partial charge in [0.1, 0.15) is 0 Å². The average molecular weight is 215 g/mol. The molecular formula is C10H17NO2S. The van der Waals surface area contributed by atoms with Gasteiger partial charge in [-0.05, 0) is 12.1 Å². The molecule has 0 radical (unpaired) electrons. The molecule has 80 valence electrons. The molecular weight excluding hydrogens is 198 g/mol. The zero-order chi connectivity index (χ0) is 11.0. The van der Waals surface area contributed by atoms with Gasteiger partial charge in [-0.1, -0.05) is 32.0 Å². The van der Waals surface area contributed by atoms with Crippen molar-refractivity contribution in [2.75, 3.05) is 14.1 Å². The van der Waals surface area contributed by atoms with E-state index in [2.05, 4.69) is 0 Å². The number of nitrogens with zero attached hydrogens (tertiary/aromatic N) is 1. The lowest BCUT2D eigenvalue weighted by Gasteiger charge is -2.07. The number of hydrogen-bond donors (Lipinski definition) is 0. The van der Waals surface area contributed by atoms with E-state index in [1.165, 1.54) is 5.06 Å². The van der Waals surface area contributed by atoms with Gasteiger partial charge in [0.25, 0.3) is 0 Å². The molecule has 3 nitrogen and oxygen atoms in total. The van der Waals surface area contributed by atoms with Gasteiger partial charge in [-0.25, -0.2) is 4.21 Å². The van der Waals surface area contributed by atoms with Crippen LogP contribution in [0.1, 0.15) is 13.8 Å². The molecule has 0 saturated heterocycles. The second-order valence-corrected chi connectivity index (χ2v) is 3.52. The Balaban J connectivity index is 0.000000791. The molecule has 1 atom stereocenters. The second kappa shape index (κ2) is 7.67. The highest BCUT2D eigenvalue weighted by atomic mass is 32.2. The molecule has 1 rings (SSSR count). The largest absolute Gasteiger partial charge is 0.223 e. The Morgan fingerprint density at radius 1 is 1.14 bits per heavy atom. The Bertz CT molecular complexity index is 262. The standard InChI is InChI=1S/C8H11NO2S.C2H6/c1-9(2)11-12(10)8-6-4-3-5-7-8;1-2/h3-7H,1-2H3;1-2H3. The van der Waals surface area contributed by atoms with E-state index in [0.717, 1.165) is 0 Å². The lowest BCUT2D eigenvalue weighted by atomic mass is 10.4. The Labute approximate surface area is 88.3 Å². The molecule has 0 bridgehead atoms. The van der Waals surface area contributed by atoms with Crippen molar-refractivity contribution in [1.82, 2.24) is 5.06 Å². The molecule has 0 aliphatic heterocycles. The van der Waals surface area contributed by atoms with Gasteiger partial charge in [0.15, 0.2) is 0 Å². The zero-order valence-electron chi connectivity index (χ0n) is 9.06. The highest BCUT2D eigenvalue weighted by molar-refractivity contribution is 7.80. The summed E-state index contributed by atoms with van der Waals surface area (Å²) >= 11 is -1.39. The van der Waals surface area contributed by atoms with Crippen LogP contribution in [0.25, 0.3) is 0 Å². The highest BCUT2D eigenvalue weighted by Gasteiger charge is 2.03. The van der Waals surface area contributed by atoms with Crippen molar-refractivity contribution >= 4 is 11.1 Å². The minimum absolute atomic E-state index is 0.672.